The molecule has 60 valence electrons. The first-order chi connectivity index (χ1) is 6.07. The SMILES string of the molecule is CC(C)(C)c1nc2c([nH]1)[B][B][B][B]2. The van der Waals surface area contributed by atoms with Gasteiger partial charge in [0.15, 0.2) is 0 Å². The summed E-state index contributed by atoms with van der Waals surface area (Å²) in [5.74, 6) is 1.05. The molecule has 6 heteroatoms. The van der Waals surface area contributed by atoms with Crippen molar-refractivity contribution in [2.24, 2.45) is 0 Å². The van der Waals surface area contributed by atoms with Crippen LogP contribution in [0.3, 0.4) is 0 Å². The molecule has 0 spiro atoms. The number of nitrogens with zero attached hydrogens (tertiary/aromatic N) is 1. The number of rotatable bonds is 0. The minimum absolute atomic E-state index is 0.0963. The Bertz CT molecular complexity index is 291. The number of aromatic nitrogens is 2. The zero-order chi connectivity index (χ0) is 9.47. The molecule has 1 aliphatic heterocycles. The molecule has 2 nitrogen and oxygen atoms in total. The van der Waals surface area contributed by atoms with Crippen LogP contribution in [-0.2, 0) is 5.41 Å². The minimum atomic E-state index is 0.0963. The van der Waals surface area contributed by atoms with Crippen molar-refractivity contribution in [3.05, 3.63) is 5.82 Å². The van der Waals surface area contributed by atoms with Crippen LogP contribution in [0.15, 0.2) is 0 Å². The van der Waals surface area contributed by atoms with Crippen molar-refractivity contribution in [1.29, 1.82) is 0 Å². The number of hydrogen-bond acceptors (Lipinski definition) is 1. The van der Waals surface area contributed by atoms with E-state index in [9.17, 15) is 0 Å². The van der Waals surface area contributed by atoms with Gasteiger partial charge in [-0.05, 0) is 11.2 Å². The average Bonchev–Trinajstić information content (AvgIpc) is 2.45. The third kappa shape index (κ3) is 1.72. The fourth-order valence-corrected chi connectivity index (χ4v) is 1.31. The Morgan fingerprint density at radius 1 is 1.15 bits per heavy atom. The summed E-state index contributed by atoms with van der Waals surface area (Å²) in [5.41, 5.74) is 2.26. The van der Waals surface area contributed by atoms with E-state index in [0.29, 0.717) is 0 Å². The van der Waals surface area contributed by atoms with Crippen molar-refractivity contribution in [3.8, 4) is 0 Å². The standard InChI is InChI=1S/C7H10B4N2/c1-7(2,3)6-12-4-5(13-6)9-11-10-8-4/h1-3H3,(H,12,13). The van der Waals surface area contributed by atoms with Gasteiger partial charge in [-0.3, -0.25) is 4.98 Å². The molecule has 1 N–H and O–H groups in total. The van der Waals surface area contributed by atoms with Gasteiger partial charge in [0.1, 0.15) is 20.2 Å². The summed E-state index contributed by atoms with van der Waals surface area (Å²) in [5, 5.41) is 0. The summed E-state index contributed by atoms with van der Waals surface area (Å²) < 4.78 is 0. The van der Waals surface area contributed by atoms with E-state index < -0.39 is 0 Å². The molecule has 0 aromatic carbocycles. The number of hydrogen-bond donors (Lipinski definition) is 1. The topological polar surface area (TPSA) is 28.7 Å². The van der Waals surface area contributed by atoms with Crippen molar-refractivity contribution in [3.63, 3.8) is 0 Å². The van der Waals surface area contributed by atoms with Gasteiger partial charge in [-0.2, -0.15) is 0 Å². The van der Waals surface area contributed by atoms with E-state index in [-0.39, 0.29) is 5.41 Å². The number of fused-ring (bicyclic) bond motifs is 1. The molecule has 0 saturated heterocycles. The molecule has 0 saturated carbocycles. The highest BCUT2D eigenvalue weighted by molar-refractivity contribution is 7.50. The molecule has 1 aliphatic rings. The van der Waals surface area contributed by atoms with Crippen LogP contribution >= 0.6 is 0 Å². The lowest BCUT2D eigenvalue weighted by Crippen LogP contribution is -2.49. The van der Waals surface area contributed by atoms with Gasteiger partial charge >= 0.3 is 0 Å². The lowest BCUT2D eigenvalue weighted by atomic mass is 9.03. The predicted octanol–water partition coefficient (Wildman–Crippen LogP) is -1.47. The van der Waals surface area contributed by atoms with Gasteiger partial charge in [0, 0.05) is 19.5 Å². The molecule has 4 radical (unpaired) electrons. The van der Waals surface area contributed by atoms with Gasteiger partial charge in [0.2, 0.25) is 0 Å². The number of H-pyrrole nitrogens is 1. The lowest BCUT2D eigenvalue weighted by molar-refractivity contribution is 0.554. The van der Waals surface area contributed by atoms with E-state index in [1.54, 1.807) is 0 Å². The molecule has 0 bridgehead atoms. The van der Waals surface area contributed by atoms with Gasteiger partial charge in [-0.25, -0.2) is 0 Å². The van der Waals surface area contributed by atoms with Crippen molar-refractivity contribution < 1.29 is 0 Å². The van der Waals surface area contributed by atoms with E-state index >= 15 is 0 Å². The van der Waals surface area contributed by atoms with Crippen molar-refractivity contribution in [2.75, 3.05) is 0 Å². The quantitative estimate of drug-likeness (QED) is 0.468. The van der Waals surface area contributed by atoms with Crippen molar-refractivity contribution in [2.45, 2.75) is 26.2 Å². The average molecular weight is 165 g/mol. The molecule has 0 atom stereocenters. The minimum Gasteiger partial charge on any atom is -0.356 e. The fraction of sp³-hybridized carbons (Fsp3) is 0.571. The van der Waals surface area contributed by atoms with E-state index in [2.05, 4.69) is 37.9 Å². The first-order valence-corrected chi connectivity index (χ1v) is 4.52. The van der Waals surface area contributed by atoms with E-state index in [1.165, 1.54) is 0 Å². The summed E-state index contributed by atoms with van der Waals surface area (Å²) in [6.45, 7) is 6.47. The Labute approximate surface area is 82.2 Å². The normalized spacial score (nSPS) is 14.7. The zero-order valence-corrected chi connectivity index (χ0v) is 8.26. The van der Waals surface area contributed by atoms with Crippen LogP contribution in [0.2, 0.25) is 0 Å². The fourth-order valence-electron chi connectivity index (χ4n) is 1.31. The Morgan fingerprint density at radius 2 is 1.85 bits per heavy atom. The summed E-state index contributed by atoms with van der Waals surface area (Å²) in [6.07, 6.45) is 0. The molecule has 2 rings (SSSR count). The third-order valence-electron chi connectivity index (χ3n) is 2.10. The highest BCUT2D eigenvalue weighted by Gasteiger charge is 2.22. The van der Waals surface area contributed by atoms with E-state index in [1.807, 2.05) is 21.3 Å². The molecule has 1 aromatic heterocycles. The van der Waals surface area contributed by atoms with E-state index in [4.69, 9.17) is 0 Å². The summed E-state index contributed by atoms with van der Waals surface area (Å²) in [7, 11) is 8.11. The van der Waals surface area contributed by atoms with Crippen LogP contribution in [0, 0.1) is 0 Å². The highest BCUT2D eigenvalue weighted by atomic mass is 14.9. The molecule has 0 fully saturated rings. The largest absolute Gasteiger partial charge is 0.356 e. The molecule has 0 aliphatic carbocycles. The van der Waals surface area contributed by atoms with Crippen molar-refractivity contribution >= 4 is 39.6 Å². The zero-order valence-electron chi connectivity index (χ0n) is 8.26. The van der Waals surface area contributed by atoms with Crippen molar-refractivity contribution in [1.82, 2.24) is 9.97 Å². The third-order valence-corrected chi connectivity index (χ3v) is 2.10. The van der Waals surface area contributed by atoms with Gasteiger partial charge in [0.25, 0.3) is 0 Å². The van der Waals surface area contributed by atoms with Gasteiger partial charge < -0.3 is 4.98 Å². The van der Waals surface area contributed by atoms with Crippen LogP contribution in [0.1, 0.15) is 26.6 Å². The smallest absolute Gasteiger partial charge is 0.123 e. The molecule has 1 aromatic rings. The second-order valence-corrected chi connectivity index (χ2v) is 4.35. The molecule has 0 unspecified atom stereocenters. The van der Waals surface area contributed by atoms with Crippen LogP contribution < -0.4 is 11.2 Å². The molecule has 2 heterocycles. The maximum atomic E-state index is 4.53. The Kier molecular flexibility index (Phi) is 2.09. The maximum absolute atomic E-state index is 4.53. The van der Waals surface area contributed by atoms with Gasteiger partial charge in [-0.1, -0.05) is 20.8 Å². The number of nitrogens with one attached hydrogen (secondary N) is 1. The Hall–Kier alpha value is -0.530. The molecular formula is C7H10B4N2. The number of imidazole rings is 1. The summed E-state index contributed by atoms with van der Waals surface area (Å²) >= 11 is 0. The molecule has 0 amide bonds. The van der Waals surface area contributed by atoms with E-state index in [0.717, 1.165) is 17.0 Å². The second kappa shape index (κ2) is 3.00. The number of aromatic amines is 1. The monoisotopic (exact) mass is 166 g/mol. The second-order valence-electron chi connectivity index (χ2n) is 4.35. The summed E-state index contributed by atoms with van der Waals surface area (Å²) in [6, 6.07) is 0. The molecular weight excluding hydrogens is 155 g/mol. The Morgan fingerprint density at radius 3 is 2.46 bits per heavy atom. The highest BCUT2D eigenvalue weighted by Crippen LogP contribution is 2.15. The Balaban J connectivity index is 2.36. The predicted molar refractivity (Wildman–Crippen MR) is 59.6 cm³/mol. The van der Waals surface area contributed by atoms with Crippen LogP contribution in [0.5, 0.6) is 0 Å². The van der Waals surface area contributed by atoms with Crippen LogP contribution in [-0.4, -0.2) is 38.4 Å². The first-order valence-electron chi connectivity index (χ1n) is 4.52. The van der Waals surface area contributed by atoms with Crippen LogP contribution in [0.4, 0.5) is 0 Å². The van der Waals surface area contributed by atoms with Gasteiger partial charge in [0.05, 0.1) is 0 Å². The lowest BCUT2D eigenvalue weighted by Gasteiger charge is -2.14. The first kappa shape index (κ1) is 9.04. The molecule has 13 heavy (non-hydrogen) atoms. The van der Waals surface area contributed by atoms with Gasteiger partial charge in [-0.15, -0.1) is 0 Å². The maximum Gasteiger partial charge on any atom is 0.123 e. The van der Waals surface area contributed by atoms with Crippen LogP contribution in [0.25, 0.3) is 0 Å². The summed E-state index contributed by atoms with van der Waals surface area (Å²) in [4.78, 5) is 7.85.